The van der Waals surface area contributed by atoms with E-state index in [-0.39, 0.29) is 12.3 Å². The van der Waals surface area contributed by atoms with Gasteiger partial charge in [-0.1, -0.05) is 13.8 Å². The molecule has 0 aromatic rings. The molecule has 0 saturated carbocycles. The van der Waals surface area contributed by atoms with Crippen LogP contribution in [0.2, 0.25) is 0 Å². The van der Waals surface area contributed by atoms with Gasteiger partial charge < -0.3 is 9.94 Å². The molecule has 0 heterocycles. The van der Waals surface area contributed by atoms with Gasteiger partial charge in [0.1, 0.15) is 6.02 Å². The predicted molar refractivity (Wildman–Crippen MR) is 59.6 cm³/mol. The lowest BCUT2D eigenvalue weighted by Crippen LogP contribution is -2.41. The standard InChI is InChI=1S/C11H21NO4/c1-7(2)6-8(9(13)14)12-16-10(15)11(3,4)5/h7-8,12H,6H2,1-5H3,(H,13,14)/t8-/m1/s1/i8D. The van der Waals surface area contributed by atoms with Crippen molar-refractivity contribution in [2.24, 2.45) is 11.3 Å². The van der Waals surface area contributed by atoms with Gasteiger partial charge in [-0.15, -0.1) is 5.48 Å². The third kappa shape index (κ3) is 5.70. The molecule has 0 aliphatic rings. The van der Waals surface area contributed by atoms with Gasteiger partial charge >= 0.3 is 11.9 Å². The first-order chi connectivity index (χ1) is 7.49. The van der Waals surface area contributed by atoms with Gasteiger partial charge in [0.15, 0.2) is 0 Å². The Morgan fingerprint density at radius 2 is 1.94 bits per heavy atom. The van der Waals surface area contributed by atoms with Crippen LogP contribution in [0.15, 0.2) is 0 Å². The lowest BCUT2D eigenvalue weighted by molar-refractivity contribution is -0.166. The average molecular weight is 232 g/mol. The van der Waals surface area contributed by atoms with Crippen LogP contribution >= 0.6 is 0 Å². The monoisotopic (exact) mass is 232 g/mol. The molecule has 16 heavy (non-hydrogen) atoms. The van der Waals surface area contributed by atoms with E-state index in [2.05, 4.69) is 10.3 Å². The number of hydroxylamine groups is 1. The summed E-state index contributed by atoms with van der Waals surface area (Å²) in [5, 5.41) is 8.96. The molecule has 0 bridgehead atoms. The Kier molecular flexibility index (Phi) is 4.73. The summed E-state index contributed by atoms with van der Waals surface area (Å²) in [5.41, 5.74) is 1.31. The van der Waals surface area contributed by atoms with Gasteiger partial charge in [-0.25, -0.2) is 4.79 Å². The highest BCUT2D eigenvalue weighted by Gasteiger charge is 2.26. The van der Waals surface area contributed by atoms with Gasteiger partial charge in [0.25, 0.3) is 0 Å². The van der Waals surface area contributed by atoms with Crippen LogP contribution in [0.4, 0.5) is 0 Å². The molecule has 5 nitrogen and oxygen atoms in total. The number of nitrogens with one attached hydrogen (secondary N) is 1. The number of aliphatic carboxylic acids is 1. The predicted octanol–water partition coefficient (Wildman–Crippen LogP) is 1.58. The lowest BCUT2D eigenvalue weighted by Gasteiger charge is -2.20. The zero-order chi connectivity index (χ0) is 13.9. The molecule has 0 amide bonds. The van der Waals surface area contributed by atoms with Crippen LogP contribution in [-0.4, -0.2) is 23.1 Å². The molecule has 0 aliphatic heterocycles. The molecule has 0 aromatic carbocycles. The Labute approximate surface area is 97.5 Å². The van der Waals surface area contributed by atoms with E-state index in [0.717, 1.165) is 0 Å². The maximum absolute atomic E-state index is 11.5. The van der Waals surface area contributed by atoms with E-state index in [1.54, 1.807) is 34.6 Å². The van der Waals surface area contributed by atoms with Crippen molar-refractivity contribution in [1.29, 1.82) is 0 Å². The molecule has 0 aliphatic carbocycles. The Morgan fingerprint density at radius 1 is 1.44 bits per heavy atom. The number of hydrogen-bond acceptors (Lipinski definition) is 4. The molecule has 0 rings (SSSR count). The van der Waals surface area contributed by atoms with Crippen LogP contribution in [-0.2, 0) is 14.4 Å². The molecular formula is C11H21NO4. The third-order valence-corrected chi connectivity index (χ3v) is 1.75. The Balaban J connectivity index is 4.59. The first-order valence-corrected chi connectivity index (χ1v) is 5.21. The zero-order valence-electron chi connectivity index (χ0n) is 11.5. The summed E-state index contributed by atoms with van der Waals surface area (Å²) in [6.07, 6.45) is 0.0414. The molecule has 0 unspecified atom stereocenters. The highest BCUT2D eigenvalue weighted by Crippen LogP contribution is 2.14. The van der Waals surface area contributed by atoms with Crippen molar-refractivity contribution in [3.8, 4) is 0 Å². The first-order valence-electron chi connectivity index (χ1n) is 5.71. The van der Waals surface area contributed by atoms with Crippen LogP contribution in [0.25, 0.3) is 0 Å². The minimum absolute atomic E-state index is 0.00978. The molecular weight excluding hydrogens is 210 g/mol. The maximum Gasteiger partial charge on any atom is 0.330 e. The summed E-state index contributed by atoms with van der Waals surface area (Å²) < 4.78 is 7.72. The van der Waals surface area contributed by atoms with Gasteiger partial charge in [-0.2, -0.15) is 0 Å². The molecule has 0 saturated heterocycles. The Morgan fingerprint density at radius 3 is 2.25 bits per heavy atom. The fourth-order valence-electron chi connectivity index (χ4n) is 0.842. The summed E-state index contributed by atoms with van der Waals surface area (Å²) >= 11 is 0. The number of carboxylic acids is 1. The normalized spacial score (nSPS) is 16.5. The highest BCUT2D eigenvalue weighted by molar-refractivity contribution is 5.76. The van der Waals surface area contributed by atoms with Gasteiger partial charge in [0.2, 0.25) is 0 Å². The van der Waals surface area contributed by atoms with E-state index in [1.807, 2.05) is 0 Å². The number of rotatable bonds is 5. The van der Waals surface area contributed by atoms with Crippen LogP contribution in [0.5, 0.6) is 0 Å². The number of carbonyl (C=O) groups is 2. The van der Waals surface area contributed by atoms with Gasteiger partial charge in [-0.3, -0.25) is 4.79 Å². The highest BCUT2D eigenvalue weighted by atomic mass is 16.7. The number of carboxylic acid groups (broad SMARTS) is 1. The topological polar surface area (TPSA) is 75.6 Å². The van der Waals surface area contributed by atoms with Crippen molar-refractivity contribution < 1.29 is 20.9 Å². The van der Waals surface area contributed by atoms with Crippen molar-refractivity contribution in [2.75, 3.05) is 0 Å². The van der Waals surface area contributed by atoms with E-state index in [0.29, 0.717) is 0 Å². The van der Waals surface area contributed by atoms with Crippen LogP contribution in [0.1, 0.15) is 42.4 Å². The lowest BCUT2D eigenvalue weighted by atomic mass is 9.98. The third-order valence-electron chi connectivity index (χ3n) is 1.75. The van der Waals surface area contributed by atoms with Gasteiger partial charge in [-0.05, 0) is 33.1 Å². The Hall–Kier alpha value is -1.10. The summed E-state index contributed by atoms with van der Waals surface area (Å²) in [6.45, 7) is 8.52. The summed E-state index contributed by atoms with van der Waals surface area (Å²) in [7, 11) is 0. The Bertz CT molecular complexity index is 298. The SMILES string of the molecule is [2H][C@](CC(C)C)(NOC(=O)C(C)(C)C)C(=O)O. The maximum atomic E-state index is 11.5. The first kappa shape index (κ1) is 13.0. The fraction of sp³-hybridized carbons (Fsp3) is 0.818. The van der Waals surface area contributed by atoms with E-state index in [9.17, 15) is 9.59 Å². The van der Waals surface area contributed by atoms with Crippen LogP contribution in [0.3, 0.4) is 0 Å². The quantitative estimate of drug-likeness (QED) is 0.704. The minimum Gasteiger partial charge on any atom is -0.480 e. The molecule has 0 spiro atoms. The van der Waals surface area contributed by atoms with Gasteiger partial charge in [0.05, 0.1) is 6.79 Å². The van der Waals surface area contributed by atoms with E-state index in [4.69, 9.17) is 6.48 Å². The molecule has 94 valence electrons. The molecule has 0 aromatic heterocycles. The summed E-state index contributed by atoms with van der Waals surface area (Å²) in [5.74, 6) is -1.98. The average Bonchev–Trinajstić information content (AvgIpc) is 2.11. The van der Waals surface area contributed by atoms with Crippen molar-refractivity contribution in [1.82, 2.24) is 5.48 Å². The molecule has 5 heteroatoms. The van der Waals surface area contributed by atoms with Gasteiger partial charge in [0, 0.05) is 0 Å². The zero-order valence-corrected chi connectivity index (χ0v) is 10.5. The van der Waals surface area contributed by atoms with Crippen molar-refractivity contribution in [3.05, 3.63) is 0 Å². The second-order valence-corrected chi connectivity index (χ2v) is 5.12. The van der Waals surface area contributed by atoms with Crippen molar-refractivity contribution in [3.63, 3.8) is 0 Å². The fourth-order valence-corrected chi connectivity index (χ4v) is 0.842. The van der Waals surface area contributed by atoms with E-state index >= 15 is 0 Å². The molecule has 0 radical (unpaired) electrons. The second-order valence-electron chi connectivity index (χ2n) is 5.12. The van der Waals surface area contributed by atoms with Crippen molar-refractivity contribution >= 4 is 11.9 Å². The summed E-state index contributed by atoms with van der Waals surface area (Å²) in [6, 6.07) is -2.00. The van der Waals surface area contributed by atoms with E-state index in [1.165, 1.54) is 0 Å². The van der Waals surface area contributed by atoms with E-state index < -0.39 is 23.4 Å². The minimum atomic E-state index is -2.00. The number of hydrogen-bond donors (Lipinski definition) is 2. The van der Waals surface area contributed by atoms with Crippen LogP contribution in [0, 0.1) is 11.3 Å². The molecule has 0 fully saturated rings. The second kappa shape index (κ2) is 5.84. The van der Waals surface area contributed by atoms with Crippen LogP contribution < -0.4 is 5.48 Å². The van der Waals surface area contributed by atoms with Crippen molar-refractivity contribution in [2.45, 2.75) is 47.1 Å². The smallest absolute Gasteiger partial charge is 0.330 e. The largest absolute Gasteiger partial charge is 0.480 e. The number of carbonyl (C=O) groups excluding carboxylic acids is 1. The molecule has 2 N–H and O–H groups in total. The summed E-state index contributed by atoms with van der Waals surface area (Å²) in [4.78, 5) is 27.1. The molecule has 1 atom stereocenters.